The van der Waals surface area contributed by atoms with Crippen molar-refractivity contribution in [2.75, 3.05) is 5.01 Å². The molecular formula is C35H38FN3O2. The molecule has 6 heteroatoms. The Kier molecular flexibility index (Phi) is 5.98. The van der Waals surface area contributed by atoms with Crippen LogP contribution in [-0.4, -0.2) is 23.3 Å². The molecule has 0 saturated heterocycles. The molecule has 2 aromatic rings. The maximum absolute atomic E-state index is 15.3. The van der Waals surface area contributed by atoms with E-state index in [1.165, 1.54) is 18.6 Å². The number of fused-ring (bicyclic) bond motifs is 7. The second kappa shape index (κ2) is 9.28. The predicted molar refractivity (Wildman–Crippen MR) is 156 cm³/mol. The number of nitrogens with zero attached hydrogens (tertiary/aromatic N) is 3. The fourth-order valence-corrected chi connectivity index (χ4v) is 9.96. The Morgan fingerprint density at radius 3 is 2.56 bits per heavy atom. The van der Waals surface area contributed by atoms with E-state index in [-0.39, 0.29) is 34.6 Å². The average Bonchev–Trinajstić information content (AvgIpc) is 3.44. The van der Waals surface area contributed by atoms with Gasteiger partial charge in [0.15, 0.2) is 5.54 Å². The van der Waals surface area contributed by atoms with E-state index in [9.17, 15) is 10.1 Å². The monoisotopic (exact) mass is 551 g/mol. The zero-order valence-corrected chi connectivity index (χ0v) is 24.1. The number of hydrogen-bond donors (Lipinski definition) is 0. The van der Waals surface area contributed by atoms with Crippen molar-refractivity contribution in [2.45, 2.75) is 77.4 Å². The maximum atomic E-state index is 15.3. The number of carbonyl (C=O) groups excluding carboxylic acids is 1. The van der Waals surface area contributed by atoms with Gasteiger partial charge in [0.1, 0.15) is 11.9 Å². The minimum absolute atomic E-state index is 0.0242. The largest absolute Gasteiger partial charge is 0.462 e. The molecule has 0 spiro atoms. The quantitative estimate of drug-likeness (QED) is 0.294. The third-order valence-corrected chi connectivity index (χ3v) is 11.8. The smallest absolute Gasteiger partial charge is 0.302 e. The molecule has 2 aromatic carbocycles. The molecule has 8 unspecified atom stereocenters. The Morgan fingerprint density at radius 1 is 1.07 bits per heavy atom. The molecule has 3 saturated carbocycles. The Hall–Kier alpha value is -3.46. The van der Waals surface area contributed by atoms with Crippen LogP contribution < -0.4 is 5.01 Å². The number of carbonyl (C=O) groups is 1. The van der Waals surface area contributed by atoms with Crippen LogP contribution in [0, 0.1) is 51.6 Å². The van der Waals surface area contributed by atoms with Crippen LogP contribution in [0.4, 0.5) is 10.1 Å². The molecule has 7 rings (SSSR count). The highest BCUT2D eigenvalue weighted by atomic mass is 19.1. The van der Waals surface area contributed by atoms with Crippen molar-refractivity contribution in [1.29, 1.82) is 5.26 Å². The van der Waals surface area contributed by atoms with Crippen molar-refractivity contribution in [3.05, 3.63) is 77.6 Å². The number of halogens is 1. The van der Waals surface area contributed by atoms with Crippen LogP contribution in [0.3, 0.4) is 0 Å². The minimum Gasteiger partial charge on any atom is -0.462 e. The van der Waals surface area contributed by atoms with E-state index in [2.05, 4.69) is 26.0 Å². The van der Waals surface area contributed by atoms with E-state index in [0.717, 1.165) is 50.6 Å². The lowest BCUT2D eigenvalue weighted by molar-refractivity contribution is -0.148. The fraction of sp³-hybridized carbons (Fsp3) is 0.514. The molecule has 0 bridgehead atoms. The van der Waals surface area contributed by atoms with Crippen molar-refractivity contribution >= 4 is 17.4 Å². The molecule has 212 valence electrons. The normalized spacial score (nSPS) is 38.9. The van der Waals surface area contributed by atoms with E-state index in [4.69, 9.17) is 9.84 Å². The third kappa shape index (κ3) is 3.57. The van der Waals surface area contributed by atoms with Crippen molar-refractivity contribution < 1.29 is 13.9 Å². The number of rotatable bonds is 3. The highest BCUT2D eigenvalue weighted by Gasteiger charge is 2.73. The van der Waals surface area contributed by atoms with E-state index in [1.54, 1.807) is 6.07 Å². The van der Waals surface area contributed by atoms with Gasteiger partial charge in [0.25, 0.3) is 0 Å². The molecular weight excluding hydrogens is 513 g/mol. The second-order valence-corrected chi connectivity index (χ2v) is 13.5. The number of esters is 1. The highest BCUT2D eigenvalue weighted by molar-refractivity contribution is 6.07. The van der Waals surface area contributed by atoms with Crippen molar-refractivity contribution in [3.63, 3.8) is 0 Å². The van der Waals surface area contributed by atoms with Crippen LogP contribution in [0.1, 0.15) is 71.3 Å². The summed E-state index contributed by atoms with van der Waals surface area (Å²) >= 11 is 0. The molecule has 8 atom stereocenters. The van der Waals surface area contributed by atoms with Crippen LogP contribution in [0.25, 0.3) is 0 Å². The Morgan fingerprint density at radius 2 is 1.83 bits per heavy atom. The zero-order chi connectivity index (χ0) is 28.6. The number of anilines is 1. The first-order chi connectivity index (χ1) is 19.7. The second-order valence-electron chi connectivity index (χ2n) is 13.5. The standard InChI is InChI=1S/C35H38FN3O2/c1-22(40)41-25-15-17-33(2)23(19-25)13-14-26-28(33)16-18-34(3)29(26)20-30-32(27-11-7-8-12-31(27)36)38-39(35(30,34)21-37)24-9-5-4-6-10-24/h4-13,25-26,28-30H,14-20H2,1-3H3. The van der Waals surface area contributed by atoms with Gasteiger partial charge in [-0.3, -0.25) is 4.79 Å². The fourth-order valence-electron chi connectivity index (χ4n) is 9.96. The van der Waals surface area contributed by atoms with Gasteiger partial charge in [-0.2, -0.15) is 10.4 Å². The first kappa shape index (κ1) is 26.4. The topological polar surface area (TPSA) is 65.7 Å². The van der Waals surface area contributed by atoms with Crippen LogP contribution in [0.5, 0.6) is 0 Å². The molecule has 1 aliphatic heterocycles. The summed E-state index contributed by atoms with van der Waals surface area (Å²) in [6, 6.07) is 19.7. The maximum Gasteiger partial charge on any atom is 0.302 e. The number of ether oxygens (including phenoxy) is 1. The van der Waals surface area contributed by atoms with Crippen LogP contribution in [-0.2, 0) is 9.53 Å². The van der Waals surface area contributed by atoms with Gasteiger partial charge >= 0.3 is 5.97 Å². The summed E-state index contributed by atoms with van der Waals surface area (Å²) in [5.41, 5.74) is 2.44. The summed E-state index contributed by atoms with van der Waals surface area (Å²) in [5, 5.41) is 18.3. The van der Waals surface area contributed by atoms with Crippen LogP contribution in [0.2, 0.25) is 0 Å². The highest BCUT2D eigenvalue weighted by Crippen LogP contribution is 2.71. The Balaban J connectivity index is 1.31. The lowest BCUT2D eigenvalue weighted by Crippen LogP contribution is -2.60. The zero-order valence-electron chi connectivity index (χ0n) is 24.1. The number of allylic oxidation sites excluding steroid dienone is 1. The molecule has 0 amide bonds. The summed E-state index contributed by atoms with van der Waals surface area (Å²) < 4.78 is 21.0. The molecule has 5 aliphatic rings. The Labute approximate surface area is 242 Å². The van der Waals surface area contributed by atoms with Gasteiger partial charge in [-0.05, 0) is 79.9 Å². The summed E-state index contributed by atoms with van der Waals surface area (Å²) in [4.78, 5) is 11.7. The van der Waals surface area contributed by atoms with E-state index >= 15 is 4.39 Å². The summed E-state index contributed by atoms with van der Waals surface area (Å²) in [6.07, 6.45) is 8.96. The lowest BCUT2D eigenvalue weighted by atomic mass is 9.46. The number of benzene rings is 2. The minimum atomic E-state index is -0.889. The number of para-hydroxylation sites is 1. The molecule has 0 aromatic heterocycles. The summed E-state index contributed by atoms with van der Waals surface area (Å²) in [6.45, 7) is 6.26. The van der Waals surface area contributed by atoms with Crippen molar-refractivity contribution in [3.8, 4) is 6.07 Å². The van der Waals surface area contributed by atoms with Gasteiger partial charge in [-0.15, -0.1) is 0 Å². The van der Waals surface area contributed by atoms with Gasteiger partial charge in [-0.25, -0.2) is 9.40 Å². The lowest BCUT2D eigenvalue weighted by Gasteiger charge is -2.59. The van der Waals surface area contributed by atoms with Gasteiger partial charge in [-0.1, -0.05) is 61.9 Å². The number of hydrogen-bond acceptors (Lipinski definition) is 5. The molecule has 4 aliphatic carbocycles. The SMILES string of the molecule is CC(=O)OC1CCC2(C)C(=CCC3C2CCC2(C)C3CC3C(c4ccccc4F)=NN(c4ccccc4)C32C#N)C1. The molecule has 3 fully saturated rings. The van der Waals surface area contributed by atoms with E-state index < -0.39 is 5.54 Å². The van der Waals surface area contributed by atoms with Crippen LogP contribution in [0.15, 0.2) is 71.3 Å². The van der Waals surface area contributed by atoms with Crippen molar-refractivity contribution in [1.82, 2.24) is 0 Å². The number of nitriles is 1. The van der Waals surface area contributed by atoms with Gasteiger partial charge in [0.2, 0.25) is 0 Å². The van der Waals surface area contributed by atoms with E-state index in [0.29, 0.717) is 29.0 Å². The molecule has 1 heterocycles. The average molecular weight is 552 g/mol. The summed E-state index contributed by atoms with van der Waals surface area (Å²) in [5.74, 6) is 0.617. The first-order valence-corrected chi connectivity index (χ1v) is 15.2. The third-order valence-electron chi connectivity index (χ3n) is 11.8. The van der Waals surface area contributed by atoms with Gasteiger partial charge < -0.3 is 4.74 Å². The first-order valence-electron chi connectivity index (χ1n) is 15.2. The van der Waals surface area contributed by atoms with Gasteiger partial charge in [0, 0.05) is 30.2 Å². The van der Waals surface area contributed by atoms with E-state index in [1.807, 2.05) is 47.5 Å². The molecule has 5 nitrogen and oxygen atoms in total. The van der Waals surface area contributed by atoms with Gasteiger partial charge in [0.05, 0.1) is 17.5 Å². The number of hydrazone groups is 1. The van der Waals surface area contributed by atoms with Crippen LogP contribution >= 0.6 is 0 Å². The predicted octanol–water partition coefficient (Wildman–Crippen LogP) is 7.43. The van der Waals surface area contributed by atoms with Crippen molar-refractivity contribution in [2.24, 2.45) is 39.6 Å². The summed E-state index contributed by atoms with van der Waals surface area (Å²) in [7, 11) is 0. The molecule has 41 heavy (non-hydrogen) atoms. The molecule has 0 N–H and O–H groups in total. The molecule has 0 radical (unpaired) electrons. The Bertz CT molecular complexity index is 1500.